The minimum absolute atomic E-state index is 0. The number of nitrogens with one attached hydrogen (secondary N) is 2. The van der Waals surface area contributed by atoms with Crippen LogP contribution in [-0.4, -0.2) is 32.3 Å². The van der Waals surface area contributed by atoms with Crippen molar-refractivity contribution in [2.45, 2.75) is 39.4 Å². The lowest BCUT2D eigenvalue weighted by atomic mass is 10.1. The van der Waals surface area contributed by atoms with Crippen molar-refractivity contribution in [3.05, 3.63) is 35.4 Å². The third-order valence-electron chi connectivity index (χ3n) is 3.23. The van der Waals surface area contributed by atoms with Gasteiger partial charge in [0, 0.05) is 26.3 Å². The Morgan fingerprint density at radius 1 is 1.16 bits per heavy atom. The molecule has 0 aromatic heterocycles. The normalized spacial score (nSPS) is 11.8. The van der Waals surface area contributed by atoms with Crippen LogP contribution in [0.15, 0.2) is 29.3 Å². The molecule has 4 nitrogen and oxygen atoms in total. The molecule has 2 N–H and O–H groups in total. The van der Waals surface area contributed by atoms with Crippen LogP contribution >= 0.6 is 24.0 Å². The van der Waals surface area contributed by atoms with Crippen LogP contribution in [0.25, 0.3) is 0 Å². The molecular formula is C17H27F3IN3O. The van der Waals surface area contributed by atoms with E-state index in [9.17, 15) is 13.2 Å². The Morgan fingerprint density at radius 2 is 1.92 bits per heavy atom. The van der Waals surface area contributed by atoms with E-state index in [1.807, 2.05) is 13.8 Å². The Bertz CT molecular complexity index is 510. The third kappa shape index (κ3) is 10.5. The summed E-state index contributed by atoms with van der Waals surface area (Å²) in [6.07, 6.45) is -2.44. The fraction of sp³-hybridized carbons (Fsp3) is 0.588. The van der Waals surface area contributed by atoms with E-state index < -0.39 is 11.7 Å². The zero-order valence-electron chi connectivity index (χ0n) is 14.7. The highest BCUT2D eigenvalue weighted by molar-refractivity contribution is 14.0. The number of guanidine groups is 1. The Morgan fingerprint density at radius 3 is 2.56 bits per heavy atom. The molecule has 144 valence electrons. The quantitative estimate of drug-likeness (QED) is 0.245. The van der Waals surface area contributed by atoms with Gasteiger partial charge >= 0.3 is 6.18 Å². The molecule has 1 aromatic carbocycles. The van der Waals surface area contributed by atoms with E-state index in [1.165, 1.54) is 6.07 Å². The van der Waals surface area contributed by atoms with Gasteiger partial charge in [-0.1, -0.05) is 12.1 Å². The largest absolute Gasteiger partial charge is 0.416 e. The van der Waals surface area contributed by atoms with Crippen LogP contribution in [0.1, 0.15) is 37.8 Å². The standard InChI is InChI=1S/C17H26F3N3O.HI/c1-3-21-16(22-10-5-6-11-24-4-2)23-13-14-8-7-9-15(12-14)17(18,19)20;/h7-9,12H,3-6,10-11,13H2,1-2H3,(H2,21,22,23);1H. The van der Waals surface area contributed by atoms with Gasteiger partial charge in [-0.15, -0.1) is 24.0 Å². The van der Waals surface area contributed by atoms with Gasteiger partial charge in [-0.2, -0.15) is 13.2 Å². The van der Waals surface area contributed by atoms with Gasteiger partial charge in [0.2, 0.25) is 0 Å². The van der Waals surface area contributed by atoms with Gasteiger partial charge in [-0.3, -0.25) is 0 Å². The number of unbranched alkanes of at least 4 members (excludes halogenated alkanes) is 1. The summed E-state index contributed by atoms with van der Waals surface area (Å²) >= 11 is 0. The summed E-state index contributed by atoms with van der Waals surface area (Å²) in [5.41, 5.74) is -0.123. The maximum absolute atomic E-state index is 12.7. The topological polar surface area (TPSA) is 45.7 Å². The molecule has 0 unspecified atom stereocenters. The molecule has 0 aliphatic rings. The first-order valence-corrected chi connectivity index (χ1v) is 8.23. The van der Waals surface area contributed by atoms with E-state index in [0.717, 1.165) is 38.1 Å². The summed E-state index contributed by atoms with van der Waals surface area (Å²) < 4.78 is 43.4. The minimum atomic E-state index is -4.33. The maximum Gasteiger partial charge on any atom is 0.416 e. The summed E-state index contributed by atoms with van der Waals surface area (Å²) in [5.74, 6) is 0.603. The van der Waals surface area contributed by atoms with Crippen LogP contribution < -0.4 is 10.6 Å². The molecule has 8 heteroatoms. The highest BCUT2D eigenvalue weighted by atomic mass is 127. The van der Waals surface area contributed by atoms with Crippen molar-refractivity contribution in [3.63, 3.8) is 0 Å². The van der Waals surface area contributed by atoms with Crippen molar-refractivity contribution in [1.29, 1.82) is 0 Å². The number of benzene rings is 1. The maximum atomic E-state index is 12.7. The molecule has 25 heavy (non-hydrogen) atoms. The van der Waals surface area contributed by atoms with Crippen LogP contribution in [0.4, 0.5) is 13.2 Å². The van der Waals surface area contributed by atoms with Gasteiger partial charge in [-0.05, 0) is 44.4 Å². The zero-order chi connectivity index (χ0) is 17.8. The molecule has 1 aromatic rings. The van der Waals surface area contributed by atoms with E-state index >= 15 is 0 Å². The fourth-order valence-corrected chi connectivity index (χ4v) is 2.04. The van der Waals surface area contributed by atoms with E-state index in [1.54, 1.807) is 6.07 Å². The molecule has 0 fully saturated rings. The van der Waals surface area contributed by atoms with Crippen molar-refractivity contribution < 1.29 is 17.9 Å². The predicted molar refractivity (Wildman–Crippen MR) is 105 cm³/mol. The Labute approximate surface area is 164 Å². The molecular weight excluding hydrogens is 446 g/mol. The Balaban J connectivity index is 0.00000576. The number of halogens is 4. The number of hydrogen-bond acceptors (Lipinski definition) is 2. The van der Waals surface area contributed by atoms with Gasteiger partial charge in [0.05, 0.1) is 12.1 Å². The SMILES string of the molecule is CCNC(=NCc1cccc(C(F)(F)F)c1)NCCCCOCC.I. The molecule has 0 aliphatic heterocycles. The molecule has 0 saturated carbocycles. The average Bonchev–Trinajstić information content (AvgIpc) is 2.55. The van der Waals surface area contributed by atoms with Crippen molar-refractivity contribution in [3.8, 4) is 0 Å². The van der Waals surface area contributed by atoms with E-state index in [4.69, 9.17) is 4.74 Å². The van der Waals surface area contributed by atoms with Crippen molar-refractivity contribution in [1.82, 2.24) is 10.6 Å². The summed E-state index contributed by atoms with van der Waals surface area (Å²) in [4.78, 5) is 4.34. The molecule has 1 rings (SSSR count). The highest BCUT2D eigenvalue weighted by Gasteiger charge is 2.30. The van der Waals surface area contributed by atoms with Crippen molar-refractivity contribution in [2.24, 2.45) is 4.99 Å². The minimum Gasteiger partial charge on any atom is -0.382 e. The molecule has 0 saturated heterocycles. The first kappa shape index (κ1) is 24.0. The van der Waals surface area contributed by atoms with Gasteiger partial charge in [0.25, 0.3) is 0 Å². The van der Waals surface area contributed by atoms with Gasteiger partial charge in [0.1, 0.15) is 0 Å². The molecule has 0 bridgehead atoms. The second-order valence-corrected chi connectivity index (χ2v) is 5.22. The smallest absolute Gasteiger partial charge is 0.382 e. The lowest BCUT2D eigenvalue weighted by Gasteiger charge is -2.12. The Hall–Kier alpha value is -1.03. The average molecular weight is 473 g/mol. The van der Waals surface area contributed by atoms with E-state index in [-0.39, 0.29) is 30.5 Å². The van der Waals surface area contributed by atoms with Crippen LogP contribution in [0.3, 0.4) is 0 Å². The highest BCUT2D eigenvalue weighted by Crippen LogP contribution is 2.29. The molecule has 0 spiro atoms. The number of rotatable bonds is 9. The summed E-state index contributed by atoms with van der Waals surface area (Å²) in [6, 6.07) is 5.25. The zero-order valence-corrected chi connectivity index (χ0v) is 17.0. The molecule has 0 amide bonds. The van der Waals surface area contributed by atoms with E-state index in [2.05, 4.69) is 15.6 Å². The fourth-order valence-electron chi connectivity index (χ4n) is 2.04. The van der Waals surface area contributed by atoms with Crippen LogP contribution in [0.5, 0.6) is 0 Å². The van der Waals surface area contributed by atoms with Crippen LogP contribution in [-0.2, 0) is 17.5 Å². The molecule has 0 radical (unpaired) electrons. The Kier molecular flexibility index (Phi) is 12.7. The van der Waals surface area contributed by atoms with Gasteiger partial charge in [-0.25, -0.2) is 4.99 Å². The number of alkyl halides is 3. The number of hydrogen-bond donors (Lipinski definition) is 2. The predicted octanol–water partition coefficient (Wildman–Crippen LogP) is 4.20. The second kappa shape index (κ2) is 13.2. The first-order chi connectivity index (χ1) is 11.5. The van der Waals surface area contributed by atoms with Crippen molar-refractivity contribution in [2.75, 3.05) is 26.3 Å². The first-order valence-electron chi connectivity index (χ1n) is 8.23. The monoisotopic (exact) mass is 473 g/mol. The van der Waals surface area contributed by atoms with Crippen LogP contribution in [0, 0.1) is 0 Å². The van der Waals surface area contributed by atoms with Crippen LogP contribution in [0.2, 0.25) is 0 Å². The lowest BCUT2D eigenvalue weighted by Crippen LogP contribution is -2.37. The number of nitrogens with zero attached hydrogens (tertiary/aromatic N) is 1. The van der Waals surface area contributed by atoms with E-state index in [0.29, 0.717) is 24.7 Å². The molecule has 0 aliphatic carbocycles. The number of ether oxygens (including phenoxy) is 1. The summed E-state index contributed by atoms with van der Waals surface area (Å²) in [6.45, 7) is 6.97. The van der Waals surface area contributed by atoms with Gasteiger partial charge in [0.15, 0.2) is 5.96 Å². The second-order valence-electron chi connectivity index (χ2n) is 5.22. The molecule has 0 heterocycles. The lowest BCUT2D eigenvalue weighted by molar-refractivity contribution is -0.137. The molecule has 0 atom stereocenters. The third-order valence-corrected chi connectivity index (χ3v) is 3.23. The summed E-state index contributed by atoms with van der Waals surface area (Å²) in [7, 11) is 0. The summed E-state index contributed by atoms with van der Waals surface area (Å²) in [5, 5.41) is 6.26. The number of aliphatic imine (C=N–C) groups is 1. The van der Waals surface area contributed by atoms with Gasteiger partial charge < -0.3 is 15.4 Å². The van der Waals surface area contributed by atoms with Crippen molar-refractivity contribution >= 4 is 29.9 Å².